The Balaban J connectivity index is 1.33. The average Bonchev–Trinajstić information content (AvgIpc) is 2.92. The Kier molecular flexibility index (Phi) is 9.24. The van der Waals surface area contributed by atoms with Crippen molar-refractivity contribution >= 4 is 51.0 Å². The van der Waals surface area contributed by atoms with Crippen molar-refractivity contribution in [1.29, 1.82) is 0 Å². The van der Waals surface area contributed by atoms with Crippen LogP contribution in [0.5, 0.6) is 5.75 Å². The Hall–Kier alpha value is -3.85. The van der Waals surface area contributed by atoms with Crippen LogP contribution in [0.15, 0.2) is 102 Å². The average molecular weight is 583 g/mol. The summed E-state index contributed by atoms with van der Waals surface area (Å²) in [6, 6.07) is 28.0. The van der Waals surface area contributed by atoms with Crippen molar-refractivity contribution in [2.24, 2.45) is 5.10 Å². The van der Waals surface area contributed by atoms with Crippen molar-refractivity contribution in [3.63, 3.8) is 0 Å². The number of nitrogens with one attached hydrogen (secondary N) is 1. The number of rotatable bonds is 10. The van der Waals surface area contributed by atoms with Crippen LogP contribution in [0.25, 0.3) is 0 Å². The Morgan fingerprint density at radius 3 is 2.23 bits per heavy atom. The van der Waals surface area contributed by atoms with Gasteiger partial charge in [-0.05, 0) is 83.4 Å². The van der Waals surface area contributed by atoms with Crippen LogP contribution in [0, 0.1) is 0 Å². The topological polar surface area (TPSA) is 88.1 Å². The maximum atomic E-state index is 12.5. The minimum atomic E-state index is -3.60. The Labute approximate surface area is 237 Å². The van der Waals surface area contributed by atoms with E-state index in [0.717, 1.165) is 17.4 Å². The molecule has 1 amide bonds. The summed E-state index contributed by atoms with van der Waals surface area (Å²) in [5, 5.41) is 5.16. The third-order valence-electron chi connectivity index (χ3n) is 5.67. The molecule has 0 spiro atoms. The Bertz CT molecular complexity index is 1560. The molecule has 10 heteroatoms. The second-order valence-corrected chi connectivity index (χ2v) is 11.3. The summed E-state index contributed by atoms with van der Waals surface area (Å²) in [7, 11) is -3.60. The molecule has 0 aromatic heterocycles. The molecule has 0 aliphatic rings. The number of sulfonamides is 1. The van der Waals surface area contributed by atoms with Crippen LogP contribution in [0.1, 0.15) is 27.0 Å². The molecule has 4 aromatic carbocycles. The van der Waals surface area contributed by atoms with Crippen LogP contribution in [0.3, 0.4) is 0 Å². The van der Waals surface area contributed by atoms with E-state index in [0.29, 0.717) is 39.2 Å². The number of carbonyl (C=O) groups is 1. The van der Waals surface area contributed by atoms with Gasteiger partial charge in [0.05, 0.1) is 24.7 Å². The summed E-state index contributed by atoms with van der Waals surface area (Å²) >= 11 is 12.1. The molecule has 4 rings (SSSR count). The lowest BCUT2D eigenvalue weighted by Gasteiger charge is -2.23. The van der Waals surface area contributed by atoms with Crippen molar-refractivity contribution in [2.75, 3.05) is 10.6 Å². The molecule has 0 radical (unpaired) electrons. The van der Waals surface area contributed by atoms with E-state index in [2.05, 4.69) is 10.5 Å². The van der Waals surface area contributed by atoms with E-state index in [9.17, 15) is 13.2 Å². The van der Waals surface area contributed by atoms with Gasteiger partial charge in [0.2, 0.25) is 10.0 Å². The number of hydrogen-bond acceptors (Lipinski definition) is 5. The minimum absolute atomic E-state index is 0.0688. The van der Waals surface area contributed by atoms with E-state index >= 15 is 0 Å². The standard InChI is InChI=1S/C29H25Cl2N3O4S/c1-39(36,37)34(19-24-4-2-3-5-28(24)31)26-14-10-23(11-15-26)29(35)33-32-18-21-8-16-27(17-9-21)38-20-22-6-12-25(30)13-7-22/h2-18H,19-20H2,1H3,(H,33,35)/b32-18-. The molecule has 0 saturated carbocycles. The second kappa shape index (κ2) is 12.8. The van der Waals surface area contributed by atoms with E-state index < -0.39 is 15.9 Å². The number of amides is 1. The van der Waals surface area contributed by atoms with Crippen molar-refractivity contribution in [1.82, 2.24) is 5.43 Å². The highest BCUT2D eigenvalue weighted by molar-refractivity contribution is 7.92. The van der Waals surface area contributed by atoms with Crippen LogP contribution >= 0.6 is 23.2 Å². The molecule has 0 unspecified atom stereocenters. The van der Waals surface area contributed by atoms with Gasteiger partial charge in [0.25, 0.3) is 5.91 Å². The lowest BCUT2D eigenvalue weighted by molar-refractivity contribution is 0.0955. The molecule has 200 valence electrons. The fourth-order valence-corrected chi connectivity index (χ4v) is 4.79. The van der Waals surface area contributed by atoms with Gasteiger partial charge in [-0.1, -0.05) is 53.5 Å². The number of carbonyl (C=O) groups excluding carboxylic acids is 1. The zero-order valence-corrected chi connectivity index (χ0v) is 23.2. The Morgan fingerprint density at radius 2 is 1.59 bits per heavy atom. The molecule has 0 heterocycles. The monoisotopic (exact) mass is 581 g/mol. The maximum absolute atomic E-state index is 12.5. The fraction of sp³-hybridized carbons (Fsp3) is 0.103. The quantitative estimate of drug-likeness (QED) is 0.176. The molecular weight excluding hydrogens is 557 g/mol. The summed E-state index contributed by atoms with van der Waals surface area (Å²) < 4.78 is 31.9. The summed E-state index contributed by atoms with van der Waals surface area (Å²) in [5.74, 6) is 0.265. The van der Waals surface area contributed by atoms with E-state index in [1.54, 1.807) is 36.4 Å². The number of ether oxygens (including phenoxy) is 1. The van der Waals surface area contributed by atoms with Gasteiger partial charge in [-0.25, -0.2) is 13.8 Å². The molecule has 39 heavy (non-hydrogen) atoms. The number of nitrogens with zero attached hydrogens (tertiary/aromatic N) is 2. The van der Waals surface area contributed by atoms with E-state index in [-0.39, 0.29) is 6.54 Å². The number of hydrazone groups is 1. The van der Waals surface area contributed by atoms with Crippen molar-refractivity contribution in [3.8, 4) is 5.75 Å². The zero-order chi connectivity index (χ0) is 27.8. The summed E-state index contributed by atoms with van der Waals surface area (Å²) in [4.78, 5) is 12.5. The molecule has 0 aliphatic heterocycles. The largest absolute Gasteiger partial charge is 0.489 e. The van der Waals surface area contributed by atoms with Crippen molar-refractivity contribution in [2.45, 2.75) is 13.2 Å². The second-order valence-electron chi connectivity index (χ2n) is 8.59. The first-order valence-electron chi connectivity index (χ1n) is 11.8. The van der Waals surface area contributed by atoms with Crippen LogP contribution in [0.4, 0.5) is 5.69 Å². The predicted molar refractivity (Wildman–Crippen MR) is 156 cm³/mol. The number of hydrogen-bond donors (Lipinski definition) is 1. The van der Waals surface area contributed by atoms with Gasteiger partial charge in [0.15, 0.2) is 0 Å². The van der Waals surface area contributed by atoms with E-state index in [1.165, 1.54) is 22.7 Å². The first-order valence-corrected chi connectivity index (χ1v) is 14.4. The van der Waals surface area contributed by atoms with Gasteiger partial charge in [-0.3, -0.25) is 9.10 Å². The number of benzene rings is 4. The highest BCUT2D eigenvalue weighted by atomic mass is 35.5. The molecule has 0 saturated heterocycles. The number of anilines is 1. The Morgan fingerprint density at radius 1 is 0.923 bits per heavy atom. The lowest BCUT2D eigenvalue weighted by atomic mass is 10.2. The third-order valence-corrected chi connectivity index (χ3v) is 7.43. The SMILES string of the molecule is CS(=O)(=O)N(Cc1ccccc1Cl)c1ccc(C(=O)N/N=C\c2ccc(OCc3ccc(Cl)cc3)cc2)cc1. The van der Waals surface area contributed by atoms with Gasteiger partial charge in [-0.15, -0.1) is 0 Å². The van der Waals surface area contributed by atoms with Crippen molar-refractivity contribution in [3.05, 3.63) is 129 Å². The van der Waals surface area contributed by atoms with E-state index in [1.807, 2.05) is 48.5 Å². The van der Waals surface area contributed by atoms with Crippen LogP contribution in [0.2, 0.25) is 10.0 Å². The summed E-state index contributed by atoms with van der Waals surface area (Å²) in [6.07, 6.45) is 2.64. The van der Waals surface area contributed by atoms with Crippen LogP contribution in [-0.2, 0) is 23.2 Å². The van der Waals surface area contributed by atoms with Gasteiger partial charge < -0.3 is 4.74 Å². The fourth-order valence-electron chi connectivity index (χ4n) is 3.59. The minimum Gasteiger partial charge on any atom is -0.489 e. The molecule has 1 N–H and O–H groups in total. The number of halogens is 2. The van der Waals surface area contributed by atoms with Gasteiger partial charge in [0.1, 0.15) is 12.4 Å². The molecule has 7 nitrogen and oxygen atoms in total. The third kappa shape index (κ3) is 8.07. The smallest absolute Gasteiger partial charge is 0.271 e. The van der Waals surface area contributed by atoms with Gasteiger partial charge in [0, 0.05) is 15.6 Å². The normalized spacial score (nSPS) is 11.4. The zero-order valence-electron chi connectivity index (χ0n) is 20.9. The highest BCUT2D eigenvalue weighted by Crippen LogP contribution is 2.24. The lowest BCUT2D eigenvalue weighted by Crippen LogP contribution is -2.29. The van der Waals surface area contributed by atoms with Gasteiger partial charge in [-0.2, -0.15) is 5.10 Å². The summed E-state index contributed by atoms with van der Waals surface area (Å²) in [6.45, 7) is 0.487. The first-order chi connectivity index (χ1) is 18.7. The van der Waals surface area contributed by atoms with Crippen LogP contribution < -0.4 is 14.5 Å². The molecular formula is C29H25Cl2N3O4S. The molecule has 0 aliphatic carbocycles. The molecule has 0 bridgehead atoms. The molecule has 0 fully saturated rings. The molecule has 0 atom stereocenters. The first kappa shape index (κ1) is 28.2. The molecule has 4 aromatic rings. The predicted octanol–water partition coefficient (Wildman–Crippen LogP) is 6.30. The van der Waals surface area contributed by atoms with Crippen LogP contribution in [-0.4, -0.2) is 26.8 Å². The van der Waals surface area contributed by atoms with Crippen molar-refractivity contribution < 1.29 is 17.9 Å². The summed E-state index contributed by atoms with van der Waals surface area (Å²) in [5.41, 5.74) is 5.66. The van der Waals surface area contributed by atoms with E-state index in [4.69, 9.17) is 27.9 Å². The maximum Gasteiger partial charge on any atom is 0.271 e. The highest BCUT2D eigenvalue weighted by Gasteiger charge is 2.19. The van der Waals surface area contributed by atoms with Gasteiger partial charge >= 0.3 is 0 Å².